The van der Waals surface area contributed by atoms with Crippen LogP contribution in [0.15, 0.2) is 63.5 Å². The Bertz CT molecular complexity index is 1110. The number of carbonyl (C=O) groups excluding carboxylic acids is 1. The molecule has 2 aromatic heterocycles. The van der Waals surface area contributed by atoms with Gasteiger partial charge in [0.1, 0.15) is 18.1 Å². The van der Waals surface area contributed by atoms with Gasteiger partial charge in [-0.3, -0.25) is 0 Å². The number of hydrogen-bond acceptors (Lipinski definition) is 7. The first-order chi connectivity index (χ1) is 13.7. The second-order valence-corrected chi connectivity index (χ2v) is 5.98. The lowest BCUT2D eigenvalue weighted by Gasteiger charge is -2.00. The summed E-state index contributed by atoms with van der Waals surface area (Å²) >= 11 is 0. The summed E-state index contributed by atoms with van der Waals surface area (Å²) in [6.45, 7) is -0.0351. The second kappa shape index (κ2) is 7.48. The van der Waals surface area contributed by atoms with Crippen molar-refractivity contribution in [3.63, 3.8) is 0 Å². The largest absolute Gasteiger partial charge is 0.497 e. The minimum Gasteiger partial charge on any atom is -0.497 e. The Morgan fingerprint density at radius 2 is 1.86 bits per heavy atom. The molecule has 0 spiro atoms. The summed E-state index contributed by atoms with van der Waals surface area (Å²) in [6, 6.07) is 16.1. The molecule has 0 N–H and O–H groups in total. The number of methoxy groups -OCH3 is 2. The maximum absolute atomic E-state index is 12.3. The van der Waals surface area contributed by atoms with Gasteiger partial charge in [-0.05, 0) is 36.4 Å². The van der Waals surface area contributed by atoms with Crippen LogP contribution < -0.4 is 9.47 Å². The SMILES string of the molecule is COc1ccc(-c2cc(COC(=O)c3cc4cccc(OC)c4o3)no2)cc1. The summed E-state index contributed by atoms with van der Waals surface area (Å²) in [4.78, 5) is 12.3. The fourth-order valence-corrected chi connectivity index (χ4v) is 2.78. The number of hydrogen-bond donors (Lipinski definition) is 0. The van der Waals surface area contributed by atoms with E-state index in [1.54, 1.807) is 32.4 Å². The molecule has 0 unspecified atom stereocenters. The third-order valence-corrected chi connectivity index (χ3v) is 4.21. The molecule has 0 aliphatic heterocycles. The van der Waals surface area contributed by atoms with Crippen molar-refractivity contribution in [1.29, 1.82) is 0 Å². The van der Waals surface area contributed by atoms with E-state index in [4.69, 9.17) is 23.2 Å². The highest BCUT2D eigenvalue weighted by Crippen LogP contribution is 2.29. The molecule has 0 atom stereocenters. The number of rotatable bonds is 6. The smallest absolute Gasteiger partial charge is 0.374 e. The van der Waals surface area contributed by atoms with Crippen LogP contribution in [0.5, 0.6) is 11.5 Å². The highest BCUT2D eigenvalue weighted by Gasteiger charge is 2.17. The van der Waals surface area contributed by atoms with E-state index in [1.165, 1.54) is 0 Å². The van der Waals surface area contributed by atoms with Crippen LogP contribution in [0.25, 0.3) is 22.3 Å². The van der Waals surface area contributed by atoms with Gasteiger partial charge in [-0.1, -0.05) is 17.3 Å². The number of nitrogens with zero attached hydrogens (tertiary/aromatic N) is 1. The fraction of sp³-hybridized carbons (Fsp3) is 0.143. The number of para-hydroxylation sites is 1. The molecule has 2 aromatic carbocycles. The summed E-state index contributed by atoms with van der Waals surface area (Å²) in [5.74, 6) is 1.38. The number of furan rings is 1. The molecular formula is C21H17NO6. The van der Waals surface area contributed by atoms with Crippen molar-refractivity contribution in [2.24, 2.45) is 0 Å². The zero-order valence-electron chi connectivity index (χ0n) is 15.3. The molecule has 0 aliphatic rings. The quantitative estimate of drug-likeness (QED) is 0.457. The molecule has 28 heavy (non-hydrogen) atoms. The minimum atomic E-state index is -0.591. The molecule has 0 bridgehead atoms. The number of carbonyl (C=O) groups is 1. The van der Waals surface area contributed by atoms with E-state index in [-0.39, 0.29) is 12.4 Å². The number of esters is 1. The van der Waals surface area contributed by atoms with Crippen molar-refractivity contribution in [3.05, 3.63) is 66.1 Å². The molecule has 0 saturated heterocycles. The highest BCUT2D eigenvalue weighted by atomic mass is 16.5. The summed E-state index contributed by atoms with van der Waals surface area (Å²) in [7, 11) is 3.15. The zero-order chi connectivity index (χ0) is 19.5. The second-order valence-electron chi connectivity index (χ2n) is 5.98. The molecule has 0 amide bonds. The summed E-state index contributed by atoms with van der Waals surface area (Å²) < 4.78 is 26.6. The van der Waals surface area contributed by atoms with Crippen molar-refractivity contribution >= 4 is 16.9 Å². The molecule has 7 heteroatoms. The van der Waals surface area contributed by atoms with Gasteiger partial charge in [0.25, 0.3) is 0 Å². The van der Waals surface area contributed by atoms with E-state index in [2.05, 4.69) is 5.16 Å². The van der Waals surface area contributed by atoms with Gasteiger partial charge in [-0.2, -0.15) is 0 Å². The van der Waals surface area contributed by atoms with Gasteiger partial charge in [0, 0.05) is 17.0 Å². The lowest BCUT2D eigenvalue weighted by molar-refractivity contribution is 0.0430. The van der Waals surface area contributed by atoms with Crippen LogP contribution in [0.3, 0.4) is 0 Å². The molecule has 0 fully saturated rings. The molecule has 0 saturated carbocycles. The zero-order valence-corrected chi connectivity index (χ0v) is 15.3. The number of fused-ring (bicyclic) bond motifs is 1. The van der Waals surface area contributed by atoms with Gasteiger partial charge in [0.05, 0.1) is 14.2 Å². The van der Waals surface area contributed by atoms with Crippen LogP contribution in [0.4, 0.5) is 0 Å². The van der Waals surface area contributed by atoms with E-state index in [0.29, 0.717) is 22.8 Å². The van der Waals surface area contributed by atoms with Crippen LogP contribution in [0.2, 0.25) is 0 Å². The predicted molar refractivity (Wildman–Crippen MR) is 100 cm³/mol. The van der Waals surface area contributed by atoms with E-state index in [9.17, 15) is 4.79 Å². The summed E-state index contributed by atoms with van der Waals surface area (Å²) in [6.07, 6.45) is 0. The van der Waals surface area contributed by atoms with E-state index in [0.717, 1.165) is 16.7 Å². The van der Waals surface area contributed by atoms with E-state index < -0.39 is 5.97 Å². The van der Waals surface area contributed by atoms with Crippen LogP contribution in [-0.4, -0.2) is 25.3 Å². The van der Waals surface area contributed by atoms with E-state index in [1.807, 2.05) is 36.4 Å². The first-order valence-corrected chi connectivity index (χ1v) is 8.51. The molecule has 142 valence electrons. The average molecular weight is 379 g/mol. The normalized spacial score (nSPS) is 10.8. The van der Waals surface area contributed by atoms with Gasteiger partial charge in [-0.15, -0.1) is 0 Å². The van der Waals surface area contributed by atoms with Crippen LogP contribution in [-0.2, 0) is 11.3 Å². The Labute approximate surface area is 160 Å². The molecule has 0 aliphatic carbocycles. The van der Waals surface area contributed by atoms with Crippen molar-refractivity contribution in [2.45, 2.75) is 6.61 Å². The highest BCUT2D eigenvalue weighted by molar-refractivity contribution is 5.94. The molecule has 7 nitrogen and oxygen atoms in total. The maximum Gasteiger partial charge on any atom is 0.374 e. The maximum atomic E-state index is 12.3. The Kier molecular flexibility index (Phi) is 4.72. The topological polar surface area (TPSA) is 83.9 Å². The van der Waals surface area contributed by atoms with Crippen molar-refractivity contribution < 1.29 is 27.9 Å². The Hall–Kier alpha value is -3.74. The number of ether oxygens (including phenoxy) is 3. The van der Waals surface area contributed by atoms with Crippen molar-refractivity contribution in [1.82, 2.24) is 5.16 Å². The Morgan fingerprint density at radius 3 is 2.61 bits per heavy atom. The van der Waals surface area contributed by atoms with Gasteiger partial charge in [0.15, 0.2) is 17.1 Å². The first-order valence-electron chi connectivity index (χ1n) is 8.51. The third-order valence-electron chi connectivity index (χ3n) is 4.21. The Morgan fingerprint density at radius 1 is 1.04 bits per heavy atom. The van der Waals surface area contributed by atoms with Crippen molar-refractivity contribution in [3.8, 4) is 22.8 Å². The Balaban J connectivity index is 1.44. The van der Waals surface area contributed by atoms with Gasteiger partial charge < -0.3 is 23.2 Å². The standard InChI is InChI=1S/C21H17NO6/c1-24-16-8-6-13(7-9-16)18-11-15(22-28-18)12-26-21(23)19-10-14-4-3-5-17(25-2)20(14)27-19/h3-11H,12H2,1-2H3. The lowest BCUT2D eigenvalue weighted by Crippen LogP contribution is -2.03. The lowest BCUT2D eigenvalue weighted by atomic mass is 10.1. The monoisotopic (exact) mass is 379 g/mol. The molecule has 4 rings (SSSR count). The molecular weight excluding hydrogens is 362 g/mol. The van der Waals surface area contributed by atoms with Crippen LogP contribution in [0.1, 0.15) is 16.2 Å². The summed E-state index contributed by atoms with van der Waals surface area (Å²) in [5.41, 5.74) is 1.84. The number of aromatic nitrogens is 1. The minimum absolute atomic E-state index is 0.0351. The average Bonchev–Trinajstić information content (AvgIpc) is 3.39. The third kappa shape index (κ3) is 3.42. The molecule has 2 heterocycles. The number of benzene rings is 2. The fourth-order valence-electron chi connectivity index (χ4n) is 2.78. The molecule has 4 aromatic rings. The summed E-state index contributed by atoms with van der Waals surface area (Å²) in [5, 5.41) is 4.70. The van der Waals surface area contributed by atoms with E-state index >= 15 is 0 Å². The predicted octanol–water partition coefficient (Wildman–Crippen LogP) is 4.46. The van der Waals surface area contributed by atoms with Gasteiger partial charge in [-0.25, -0.2) is 4.79 Å². The molecule has 0 radical (unpaired) electrons. The first kappa shape index (κ1) is 17.7. The van der Waals surface area contributed by atoms with Gasteiger partial charge in [0.2, 0.25) is 5.76 Å². The van der Waals surface area contributed by atoms with Gasteiger partial charge >= 0.3 is 5.97 Å². The van der Waals surface area contributed by atoms with Crippen molar-refractivity contribution in [2.75, 3.05) is 14.2 Å². The van der Waals surface area contributed by atoms with Crippen LogP contribution >= 0.6 is 0 Å². The van der Waals surface area contributed by atoms with Crippen LogP contribution in [0, 0.1) is 0 Å².